The first kappa shape index (κ1) is 18.5. The minimum atomic E-state index is -0.230. The third-order valence-corrected chi connectivity index (χ3v) is 5.39. The zero-order valence-corrected chi connectivity index (χ0v) is 15.9. The molecule has 7 heteroatoms. The summed E-state index contributed by atoms with van der Waals surface area (Å²) in [6.45, 7) is 1.05. The Hall–Kier alpha value is -2.86. The lowest BCUT2D eigenvalue weighted by Gasteiger charge is -2.31. The van der Waals surface area contributed by atoms with Crippen molar-refractivity contribution < 1.29 is 19.1 Å². The minimum absolute atomic E-state index is 0.0135. The highest BCUT2D eigenvalue weighted by Gasteiger charge is 2.29. The second-order valence-corrected chi connectivity index (χ2v) is 7.42. The van der Waals surface area contributed by atoms with Gasteiger partial charge in [-0.2, -0.15) is 0 Å². The van der Waals surface area contributed by atoms with Crippen LogP contribution in [0.3, 0.4) is 0 Å². The smallest absolute Gasteiger partial charge is 0.262 e. The number of benzene rings is 2. The number of nitrogens with one attached hydrogen (secondary N) is 1. The van der Waals surface area contributed by atoms with Gasteiger partial charge in [0.25, 0.3) is 11.8 Å². The Morgan fingerprint density at radius 3 is 2.43 bits per heavy atom. The van der Waals surface area contributed by atoms with Gasteiger partial charge in [-0.15, -0.1) is 0 Å². The van der Waals surface area contributed by atoms with Crippen LogP contribution >= 0.6 is 11.6 Å². The molecular formula is C21H19ClN2O4. The van der Waals surface area contributed by atoms with Gasteiger partial charge >= 0.3 is 0 Å². The molecule has 2 aromatic carbocycles. The van der Waals surface area contributed by atoms with Crippen molar-refractivity contribution in [2.75, 3.05) is 25.0 Å². The van der Waals surface area contributed by atoms with E-state index in [2.05, 4.69) is 5.32 Å². The molecule has 0 spiro atoms. The molecule has 2 aliphatic rings. The second-order valence-electron chi connectivity index (χ2n) is 6.99. The van der Waals surface area contributed by atoms with Crippen LogP contribution in [-0.4, -0.2) is 42.2 Å². The normalized spacial score (nSPS) is 16.8. The number of ether oxygens (including phenoxy) is 1. The van der Waals surface area contributed by atoms with Crippen LogP contribution in [0.4, 0.5) is 5.69 Å². The number of amides is 2. The van der Waals surface area contributed by atoms with E-state index in [1.807, 2.05) is 0 Å². The van der Waals surface area contributed by atoms with Crippen LogP contribution in [0.5, 0.6) is 5.75 Å². The van der Waals surface area contributed by atoms with Crippen molar-refractivity contribution in [1.29, 1.82) is 0 Å². The van der Waals surface area contributed by atoms with Crippen molar-refractivity contribution in [1.82, 2.24) is 4.90 Å². The van der Waals surface area contributed by atoms with Gasteiger partial charge in [0.05, 0.1) is 5.69 Å². The molecule has 0 aliphatic carbocycles. The average Bonchev–Trinajstić information content (AvgIpc) is 2.73. The van der Waals surface area contributed by atoms with Crippen molar-refractivity contribution in [3.05, 3.63) is 58.6 Å². The Morgan fingerprint density at radius 1 is 1.04 bits per heavy atom. The van der Waals surface area contributed by atoms with Crippen LogP contribution in [0.1, 0.15) is 33.6 Å². The van der Waals surface area contributed by atoms with Crippen molar-refractivity contribution in [2.45, 2.75) is 12.8 Å². The molecule has 4 rings (SSSR count). The van der Waals surface area contributed by atoms with E-state index < -0.39 is 0 Å². The van der Waals surface area contributed by atoms with Crippen molar-refractivity contribution in [2.24, 2.45) is 5.92 Å². The van der Waals surface area contributed by atoms with E-state index in [1.54, 1.807) is 47.4 Å². The molecular weight excluding hydrogens is 380 g/mol. The van der Waals surface area contributed by atoms with Crippen molar-refractivity contribution in [3.8, 4) is 5.75 Å². The summed E-state index contributed by atoms with van der Waals surface area (Å²) < 4.78 is 5.33. The van der Waals surface area contributed by atoms with E-state index in [9.17, 15) is 14.4 Å². The maximum Gasteiger partial charge on any atom is 0.262 e. The molecule has 28 heavy (non-hydrogen) atoms. The number of halogens is 1. The molecule has 1 fully saturated rings. The zero-order valence-electron chi connectivity index (χ0n) is 15.1. The molecule has 1 N–H and O–H groups in total. The van der Waals surface area contributed by atoms with Crippen LogP contribution in [0, 0.1) is 5.92 Å². The molecule has 0 saturated carbocycles. The van der Waals surface area contributed by atoms with Gasteiger partial charge < -0.3 is 15.0 Å². The van der Waals surface area contributed by atoms with E-state index in [0.29, 0.717) is 53.5 Å². The van der Waals surface area contributed by atoms with Crippen LogP contribution < -0.4 is 10.1 Å². The fourth-order valence-electron chi connectivity index (χ4n) is 3.59. The Morgan fingerprint density at radius 2 is 1.71 bits per heavy atom. The summed E-state index contributed by atoms with van der Waals surface area (Å²) in [6.07, 6.45) is 1.22. The number of carbonyl (C=O) groups is 3. The summed E-state index contributed by atoms with van der Waals surface area (Å²) in [5.74, 6) is 0.176. The zero-order chi connectivity index (χ0) is 19.7. The van der Waals surface area contributed by atoms with Crippen LogP contribution in [-0.2, 0) is 4.79 Å². The second kappa shape index (κ2) is 7.64. The summed E-state index contributed by atoms with van der Waals surface area (Å²) in [6, 6.07) is 11.9. The minimum Gasteiger partial charge on any atom is -0.482 e. The Balaban J connectivity index is 1.40. The fourth-order valence-corrected chi connectivity index (χ4v) is 3.72. The summed E-state index contributed by atoms with van der Waals surface area (Å²) in [5.41, 5.74) is 1.67. The number of anilines is 1. The standard InChI is InChI=1S/C21H19ClN2O4/c22-16-4-1-14(2-5-16)21(27)24-9-7-13(8-10-24)20(26)15-3-6-18-17(11-15)23-19(25)12-28-18/h1-6,11,13H,7-10,12H2,(H,23,25). The number of carbonyl (C=O) groups excluding carboxylic acids is 3. The first-order chi connectivity index (χ1) is 13.5. The third-order valence-electron chi connectivity index (χ3n) is 5.14. The first-order valence-electron chi connectivity index (χ1n) is 9.17. The molecule has 0 radical (unpaired) electrons. The highest BCUT2D eigenvalue weighted by Crippen LogP contribution is 2.31. The van der Waals surface area contributed by atoms with Crippen molar-refractivity contribution in [3.63, 3.8) is 0 Å². The van der Waals surface area contributed by atoms with Crippen LogP contribution in [0.15, 0.2) is 42.5 Å². The Labute approximate surface area is 167 Å². The molecule has 2 heterocycles. The highest BCUT2D eigenvalue weighted by molar-refractivity contribution is 6.30. The molecule has 0 atom stereocenters. The van der Waals surface area contributed by atoms with E-state index in [0.717, 1.165) is 0 Å². The number of likely N-dealkylation sites (tertiary alicyclic amines) is 1. The van der Waals surface area contributed by atoms with Gasteiger partial charge in [-0.05, 0) is 55.3 Å². The Kier molecular flexibility index (Phi) is 5.05. The number of nitrogens with zero attached hydrogens (tertiary/aromatic N) is 1. The lowest BCUT2D eigenvalue weighted by molar-refractivity contribution is -0.118. The Bertz CT molecular complexity index is 934. The molecule has 2 aromatic rings. The molecule has 144 valence electrons. The number of fused-ring (bicyclic) bond motifs is 1. The van der Waals surface area contributed by atoms with Gasteiger partial charge in [0.15, 0.2) is 12.4 Å². The highest BCUT2D eigenvalue weighted by atomic mass is 35.5. The van der Waals surface area contributed by atoms with Gasteiger partial charge in [0.2, 0.25) is 0 Å². The van der Waals surface area contributed by atoms with Crippen molar-refractivity contribution >= 4 is 34.9 Å². The first-order valence-corrected chi connectivity index (χ1v) is 9.55. The quantitative estimate of drug-likeness (QED) is 0.804. The third kappa shape index (κ3) is 3.73. The molecule has 2 aliphatic heterocycles. The number of Topliss-reactive ketones (excluding diaryl/α,β-unsaturated/α-hetero) is 1. The number of hydrogen-bond acceptors (Lipinski definition) is 4. The number of hydrogen-bond donors (Lipinski definition) is 1. The summed E-state index contributed by atoms with van der Waals surface area (Å²) >= 11 is 5.87. The number of piperidine rings is 1. The predicted molar refractivity (Wildman–Crippen MR) is 105 cm³/mol. The predicted octanol–water partition coefficient (Wildman–Crippen LogP) is 3.41. The summed E-state index contributed by atoms with van der Waals surface area (Å²) in [5, 5.41) is 3.31. The molecule has 0 aromatic heterocycles. The topological polar surface area (TPSA) is 75.7 Å². The van der Waals surface area contributed by atoms with E-state index >= 15 is 0 Å². The molecule has 0 bridgehead atoms. The monoisotopic (exact) mass is 398 g/mol. The van der Waals surface area contributed by atoms with Gasteiger partial charge in [-0.1, -0.05) is 11.6 Å². The summed E-state index contributed by atoms with van der Waals surface area (Å²) in [7, 11) is 0. The molecule has 2 amide bonds. The van der Waals surface area contributed by atoms with E-state index in [4.69, 9.17) is 16.3 Å². The van der Waals surface area contributed by atoms with Gasteiger partial charge in [0.1, 0.15) is 5.75 Å². The van der Waals surface area contributed by atoms with Crippen LogP contribution in [0.2, 0.25) is 5.02 Å². The number of ketones is 1. The van der Waals surface area contributed by atoms with Gasteiger partial charge in [-0.3, -0.25) is 14.4 Å². The molecule has 0 unspecified atom stereocenters. The summed E-state index contributed by atoms with van der Waals surface area (Å²) in [4.78, 5) is 38.7. The molecule has 1 saturated heterocycles. The SMILES string of the molecule is O=C1COc2ccc(C(=O)C3CCN(C(=O)c4ccc(Cl)cc4)CC3)cc2N1. The lowest BCUT2D eigenvalue weighted by atomic mass is 9.88. The number of rotatable bonds is 3. The van der Waals surface area contributed by atoms with Crippen LogP contribution in [0.25, 0.3) is 0 Å². The van der Waals surface area contributed by atoms with E-state index in [-0.39, 0.29) is 30.1 Å². The maximum atomic E-state index is 12.9. The lowest BCUT2D eigenvalue weighted by Crippen LogP contribution is -2.40. The molecule has 6 nitrogen and oxygen atoms in total. The maximum absolute atomic E-state index is 12.9. The largest absolute Gasteiger partial charge is 0.482 e. The fraction of sp³-hybridized carbons (Fsp3) is 0.286. The van der Waals surface area contributed by atoms with E-state index in [1.165, 1.54) is 0 Å². The average molecular weight is 399 g/mol. The van der Waals surface area contributed by atoms with Gasteiger partial charge in [0, 0.05) is 35.2 Å². The van der Waals surface area contributed by atoms with Gasteiger partial charge in [-0.25, -0.2) is 0 Å².